The van der Waals surface area contributed by atoms with Gasteiger partial charge in [0, 0.05) is 47.8 Å². The van der Waals surface area contributed by atoms with Crippen LogP contribution < -0.4 is 80.0 Å². The average molecular weight is 1120 g/mol. The van der Waals surface area contributed by atoms with Crippen LogP contribution in [-0.4, -0.2) is 201 Å². The van der Waals surface area contributed by atoms with E-state index in [4.69, 9.17) is 10.2 Å². The van der Waals surface area contributed by atoms with Gasteiger partial charge in [0.15, 0.2) is 0 Å². The number of aliphatic carboxylic acids is 4. The number of aromatic nitrogens is 8. The number of amides is 6. The number of nitrogens with one attached hydrogen (secondary N) is 2. The molecule has 74 heavy (non-hydrogen) atoms. The molecule has 8 heterocycles. The first-order valence-corrected chi connectivity index (χ1v) is 26.2. The van der Waals surface area contributed by atoms with Crippen molar-refractivity contribution in [3.05, 3.63) is 45.8 Å². The van der Waals surface area contributed by atoms with E-state index in [0.29, 0.717) is 48.2 Å². The van der Waals surface area contributed by atoms with E-state index >= 15 is 0 Å². The topological polar surface area (TPSA) is 381 Å². The van der Waals surface area contributed by atoms with Crippen LogP contribution in [0.3, 0.4) is 0 Å². The van der Waals surface area contributed by atoms with Crippen LogP contribution in [0.4, 0.5) is 0 Å². The summed E-state index contributed by atoms with van der Waals surface area (Å²) in [6, 6.07) is -1.32. The first kappa shape index (κ1) is 56.9. The van der Waals surface area contributed by atoms with Gasteiger partial charge >= 0.3 is 71.1 Å². The summed E-state index contributed by atoms with van der Waals surface area (Å²) < 4.78 is 2.05. The molecule has 0 bridgehead atoms. The largest absolute Gasteiger partial charge is 1.00 e. The Morgan fingerprint density at radius 1 is 0.635 bits per heavy atom. The van der Waals surface area contributed by atoms with E-state index in [9.17, 15) is 58.2 Å². The summed E-state index contributed by atoms with van der Waals surface area (Å²) in [5.74, 6) is -7.62. The molecule has 6 aliphatic heterocycles. The first-order valence-electron chi connectivity index (χ1n) is 22.1. The molecule has 0 aromatic carbocycles. The summed E-state index contributed by atoms with van der Waals surface area (Å²) in [6.45, 7) is 0.284. The van der Waals surface area contributed by atoms with Gasteiger partial charge in [0.2, 0.25) is 33.9 Å². The fourth-order valence-electron chi connectivity index (χ4n) is 8.66. The van der Waals surface area contributed by atoms with Crippen LogP contribution >= 0.6 is 47.0 Å². The molecule has 380 valence electrons. The number of tetrazole rings is 2. The van der Waals surface area contributed by atoms with E-state index < -0.39 is 83.4 Å². The van der Waals surface area contributed by atoms with Crippen molar-refractivity contribution in [2.45, 2.75) is 96.8 Å². The van der Waals surface area contributed by atoms with E-state index in [2.05, 4.69) is 41.7 Å². The number of likely N-dealkylation sites (tertiary alicyclic amines) is 2. The monoisotopic (exact) mass is 1110 g/mol. The number of carbonyl (C=O) groups is 10. The molecule has 2 saturated carbocycles. The summed E-state index contributed by atoms with van der Waals surface area (Å²) >= 11 is 4.39. The number of fused-ring (bicyclic) bond motifs is 2. The second-order valence-corrected chi connectivity index (χ2v) is 21.2. The number of carboxylic acid groups (broad SMARTS) is 4. The Bertz CT molecular complexity index is 2650. The molecule has 0 radical (unpaired) electrons. The van der Waals surface area contributed by atoms with Gasteiger partial charge in [-0.2, -0.15) is 0 Å². The van der Waals surface area contributed by atoms with Gasteiger partial charge in [-0.15, -0.1) is 33.7 Å². The van der Waals surface area contributed by atoms with Crippen molar-refractivity contribution < 1.29 is 127 Å². The minimum atomic E-state index is -1.52. The molecule has 8 aliphatic rings. The summed E-state index contributed by atoms with van der Waals surface area (Å²) in [7, 11) is 0. The molecule has 2 aliphatic carbocycles. The molecule has 2 aromatic heterocycles. The van der Waals surface area contributed by atoms with Crippen LogP contribution in [0.2, 0.25) is 0 Å². The second-order valence-electron chi connectivity index (χ2n) is 17.1. The number of hydrogen-bond acceptors (Lipinski definition) is 22. The third-order valence-corrected chi connectivity index (χ3v) is 16.8. The van der Waals surface area contributed by atoms with Gasteiger partial charge in [-0.3, -0.25) is 48.2 Å². The Balaban J connectivity index is 0.000000211. The van der Waals surface area contributed by atoms with E-state index in [1.165, 1.54) is 23.5 Å². The molecule has 0 spiro atoms. The molecule has 6 amide bonds. The van der Waals surface area contributed by atoms with Crippen LogP contribution in [0.1, 0.15) is 38.5 Å². The van der Waals surface area contributed by atoms with Crippen molar-refractivity contribution in [2.24, 2.45) is 0 Å². The smallest absolute Gasteiger partial charge is 0.543 e. The third-order valence-electron chi connectivity index (χ3n) is 12.2. The Labute approximate surface area is 479 Å². The van der Waals surface area contributed by atoms with Crippen LogP contribution in [-0.2, 0) is 61.0 Å². The van der Waals surface area contributed by atoms with E-state index in [1.807, 2.05) is 9.80 Å². The van der Waals surface area contributed by atoms with Crippen LogP contribution in [0.5, 0.6) is 0 Å². The number of nitrogens with zero attached hydrogens (tertiary/aromatic N) is 12. The minimum Gasteiger partial charge on any atom is -0.543 e. The van der Waals surface area contributed by atoms with E-state index in [1.54, 1.807) is 12.2 Å². The summed E-state index contributed by atoms with van der Waals surface area (Å²) in [5.41, 5.74) is 1.18. The van der Waals surface area contributed by atoms with Gasteiger partial charge in [-0.05, 0) is 82.7 Å². The number of hydrogen-bond donors (Lipinski definition) is 4. The van der Waals surface area contributed by atoms with Gasteiger partial charge in [0.25, 0.3) is 11.8 Å². The molecule has 34 heteroatoms. The first-order chi connectivity index (χ1) is 34.5. The molecule has 4 atom stereocenters. The van der Waals surface area contributed by atoms with Gasteiger partial charge in [0.1, 0.15) is 35.9 Å². The normalized spacial score (nSPS) is 24.1. The van der Waals surface area contributed by atoms with Crippen LogP contribution in [0.25, 0.3) is 0 Å². The predicted octanol–water partition coefficient (Wildman–Crippen LogP) is -10.8. The van der Waals surface area contributed by atoms with Crippen molar-refractivity contribution in [3.63, 3.8) is 0 Å². The fourth-order valence-corrected chi connectivity index (χ4v) is 12.6. The third kappa shape index (κ3) is 12.2. The van der Waals surface area contributed by atoms with E-state index in [-0.39, 0.29) is 128 Å². The maximum atomic E-state index is 12.8. The van der Waals surface area contributed by atoms with Crippen molar-refractivity contribution in [1.29, 1.82) is 0 Å². The van der Waals surface area contributed by atoms with E-state index in [0.717, 1.165) is 68.4 Å². The standard InChI is InChI=1S/2C20H21N7O7S2.2Na/c2*28-12(8-36-20-22-23-24-26(20)6-13(29)30)21-14-17(32)27-15(19(33)34)10(7-35-18(14)27)5-9-3-4-25(16(9)31)11-1-2-11;;/h2*5,11,14,18H,1-4,6-8H2,(H,21,28)(H,29,30)(H,33,34);;/q;;2*+1/p-2/b2*9-5+;;/t2*14-,18-;;/m11../s1. The molecule has 0 unspecified atom stereocenters. The minimum absolute atomic E-state index is 0. The second kappa shape index (κ2) is 24.0. The zero-order chi connectivity index (χ0) is 51.1. The summed E-state index contributed by atoms with van der Waals surface area (Å²) in [4.78, 5) is 127. The fraction of sp³-hybridized carbons (Fsp3) is 0.500. The SMILES string of the molecule is O=C(O)Cn1nnnc1SCC(=O)N[C@@H]1C(=O)N2C(C(=O)[O-])=C(/C=C3\CCN(C4CC4)C3=O)CS[C@H]12.O=C(O)Cn1nnnc1SCC(=O)N[C@@H]1C(=O)N2C(C(=O)[O-])=C(/C=C3\CCN(C4CC4)C3=O)CS[C@H]12.[Na+].[Na+]. The Kier molecular flexibility index (Phi) is 18.5. The van der Waals surface area contributed by atoms with Crippen molar-refractivity contribution in [3.8, 4) is 0 Å². The van der Waals surface area contributed by atoms with Crippen molar-refractivity contribution in [2.75, 3.05) is 36.1 Å². The number of carbonyl (C=O) groups excluding carboxylic acids is 8. The summed E-state index contributed by atoms with van der Waals surface area (Å²) in [5, 5.41) is 67.0. The van der Waals surface area contributed by atoms with Crippen LogP contribution in [0.15, 0.2) is 56.2 Å². The number of rotatable bonds is 18. The van der Waals surface area contributed by atoms with Crippen molar-refractivity contribution >= 4 is 106 Å². The van der Waals surface area contributed by atoms with Gasteiger partial charge < -0.3 is 50.4 Å². The Morgan fingerprint density at radius 2 is 1.01 bits per heavy atom. The predicted molar refractivity (Wildman–Crippen MR) is 241 cm³/mol. The number of β-lactam (4-membered cyclic amide) rings is 2. The molecule has 28 nitrogen and oxygen atoms in total. The molecule has 4 saturated heterocycles. The Hall–Kier alpha value is -4.80. The molecule has 6 fully saturated rings. The van der Waals surface area contributed by atoms with Gasteiger partial charge in [-0.25, -0.2) is 9.36 Å². The van der Waals surface area contributed by atoms with Crippen LogP contribution in [0, 0.1) is 0 Å². The molecule has 4 N–H and O–H groups in total. The quantitative estimate of drug-likeness (QED) is 0.0466. The Morgan fingerprint density at radius 3 is 1.35 bits per heavy atom. The zero-order valence-corrected chi connectivity index (χ0v) is 46.6. The summed E-state index contributed by atoms with van der Waals surface area (Å²) in [6.07, 6.45) is 8.11. The molecular weight excluding hydrogens is 1070 g/mol. The molecule has 10 rings (SSSR count). The zero-order valence-electron chi connectivity index (χ0n) is 39.3. The average Bonchev–Trinajstić information content (AvgIpc) is 4.21. The maximum absolute atomic E-state index is 12.8. The molecule has 2 aromatic rings. The number of thioether (sulfide) groups is 4. The number of allylic oxidation sites excluding steroid dienone is 2. The van der Waals surface area contributed by atoms with Crippen molar-refractivity contribution in [1.82, 2.24) is 70.6 Å². The molecular formula is C40H40N14Na2O14S4. The van der Waals surface area contributed by atoms with Gasteiger partial charge in [-0.1, -0.05) is 23.5 Å². The number of carboxylic acids is 4. The maximum Gasteiger partial charge on any atom is 1.00 e. The van der Waals surface area contributed by atoms with Gasteiger partial charge in [0.05, 0.1) is 34.8 Å².